The number of carbonyl (C=O) groups is 1. The molecule has 0 radical (unpaired) electrons. The summed E-state index contributed by atoms with van der Waals surface area (Å²) in [5, 5.41) is 3.57. The Morgan fingerprint density at radius 1 is 1.13 bits per heavy atom. The van der Waals surface area contributed by atoms with Gasteiger partial charge in [-0.15, -0.1) is 11.3 Å². The van der Waals surface area contributed by atoms with Crippen molar-refractivity contribution >= 4 is 33.6 Å². The number of hydrogen-bond acceptors (Lipinski definition) is 6. The molecule has 1 unspecified atom stereocenters. The molecule has 1 atom stereocenters. The highest BCUT2D eigenvalue weighted by Gasteiger charge is 2.26. The Labute approximate surface area is 190 Å². The summed E-state index contributed by atoms with van der Waals surface area (Å²) in [4.78, 5) is 15.5. The number of benzene rings is 1. The summed E-state index contributed by atoms with van der Waals surface area (Å²) in [6.45, 7) is 6.87. The third kappa shape index (κ3) is 5.99. The molecule has 1 saturated carbocycles. The Morgan fingerprint density at radius 2 is 1.94 bits per heavy atom. The number of piperazine rings is 1. The van der Waals surface area contributed by atoms with E-state index < -0.39 is 0 Å². The van der Waals surface area contributed by atoms with Crippen LogP contribution in [-0.4, -0.2) is 56.7 Å². The first-order valence-corrected chi connectivity index (χ1v) is 12.9. The summed E-state index contributed by atoms with van der Waals surface area (Å²) in [6, 6.07) is 9.18. The predicted molar refractivity (Wildman–Crippen MR) is 130 cm³/mol. The third-order valence-electron chi connectivity index (χ3n) is 7.39. The van der Waals surface area contributed by atoms with Crippen LogP contribution in [0.25, 0.3) is 10.1 Å². The summed E-state index contributed by atoms with van der Waals surface area (Å²) < 4.78 is 6.21. The molecule has 2 fully saturated rings. The van der Waals surface area contributed by atoms with Crippen LogP contribution in [0.4, 0.5) is 5.69 Å². The van der Waals surface area contributed by atoms with E-state index in [-0.39, 0.29) is 6.04 Å². The van der Waals surface area contributed by atoms with Crippen LogP contribution in [-0.2, 0) is 9.53 Å². The van der Waals surface area contributed by atoms with Crippen molar-refractivity contribution in [1.29, 1.82) is 0 Å². The van der Waals surface area contributed by atoms with Crippen molar-refractivity contribution in [3.05, 3.63) is 29.6 Å². The third-order valence-corrected chi connectivity index (χ3v) is 8.34. The zero-order valence-corrected chi connectivity index (χ0v) is 19.4. The van der Waals surface area contributed by atoms with E-state index in [1.54, 1.807) is 0 Å². The summed E-state index contributed by atoms with van der Waals surface area (Å²) in [7, 11) is 0. The van der Waals surface area contributed by atoms with Crippen molar-refractivity contribution in [3.63, 3.8) is 0 Å². The standard InChI is InChI=1S/C25H37N3O2S/c26-23(4-2-17-30-19-29)21-8-6-20(7-9-21)10-12-27-13-15-28(16-14-27)24-5-1-3-22-11-18-31-25(22)24/h1,3,5,11,18-21,23H,2,4,6-10,12-17,26H2. The van der Waals surface area contributed by atoms with E-state index in [1.165, 1.54) is 67.5 Å². The van der Waals surface area contributed by atoms with Crippen LogP contribution < -0.4 is 10.6 Å². The molecule has 5 nitrogen and oxygen atoms in total. The minimum absolute atomic E-state index is 0.261. The smallest absolute Gasteiger partial charge is 0.293 e. The van der Waals surface area contributed by atoms with Gasteiger partial charge in [0.1, 0.15) is 0 Å². The van der Waals surface area contributed by atoms with E-state index in [1.807, 2.05) is 11.3 Å². The molecule has 2 aromatic rings. The number of carbonyl (C=O) groups excluding carboxylic acids is 1. The fourth-order valence-electron chi connectivity index (χ4n) is 5.39. The summed E-state index contributed by atoms with van der Waals surface area (Å²) in [5.74, 6) is 1.51. The lowest BCUT2D eigenvalue weighted by Gasteiger charge is -2.38. The average Bonchev–Trinajstić information content (AvgIpc) is 3.30. The van der Waals surface area contributed by atoms with Gasteiger partial charge in [0.25, 0.3) is 6.47 Å². The second-order valence-electron chi connectivity index (χ2n) is 9.29. The number of hydrogen-bond donors (Lipinski definition) is 1. The second kappa shape index (κ2) is 11.3. The molecule has 1 aliphatic heterocycles. The van der Waals surface area contributed by atoms with Crippen molar-refractivity contribution in [3.8, 4) is 0 Å². The lowest BCUT2D eigenvalue weighted by Crippen LogP contribution is -2.47. The van der Waals surface area contributed by atoms with Gasteiger partial charge in [-0.25, -0.2) is 0 Å². The molecule has 6 heteroatoms. The van der Waals surface area contributed by atoms with Gasteiger partial charge >= 0.3 is 0 Å². The van der Waals surface area contributed by atoms with Crippen molar-refractivity contribution in [1.82, 2.24) is 4.90 Å². The van der Waals surface area contributed by atoms with Crippen LogP contribution in [0.2, 0.25) is 0 Å². The minimum Gasteiger partial charge on any atom is -0.468 e. The molecule has 0 spiro atoms. The highest BCUT2D eigenvalue weighted by Crippen LogP contribution is 2.34. The van der Waals surface area contributed by atoms with Gasteiger partial charge in [-0.2, -0.15) is 0 Å². The lowest BCUT2D eigenvalue weighted by molar-refractivity contribution is -0.128. The zero-order chi connectivity index (χ0) is 21.5. The molecule has 1 aromatic heterocycles. The van der Waals surface area contributed by atoms with Gasteiger partial charge in [0.15, 0.2) is 0 Å². The van der Waals surface area contributed by atoms with Gasteiger partial charge in [0, 0.05) is 32.2 Å². The fraction of sp³-hybridized carbons (Fsp3) is 0.640. The van der Waals surface area contributed by atoms with Crippen LogP contribution in [0.15, 0.2) is 29.6 Å². The topological polar surface area (TPSA) is 58.8 Å². The summed E-state index contributed by atoms with van der Waals surface area (Å²) in [5.41, 5.74) is 7.82. The van der Waals surface area contributed by atoms with E-state index in [0.29, 0.717) is 19.0 Å². The zero-order valence-electron chi connectivity index (χ0n) is 18.6. The fourth-order valence-corrected chi connectivity index (χ4v) is 6.34. The van der Waals surface area contributed by atoms with E-state index >= 15 is 0 Å². The van der Waals surface area contributed by atoms with Gasteiger partial charge in [0.05, 0.1) is 17.0 Å². The highest BCUT2D eigenvalue weighted by molar-refractivity contribution is 7.17. The van der Waals surface area contributed by atoms with Crippen molar-refractivity contribution < 1.29 is 9.53 Å². The van der Waals surface area contributed by atoms with Crippen LogP contribution in [0.5, 0.6) is 0 Å². The molecule has 1 aromatic carbocycles. The Hall–Kier alpha value is -1.63. The monoisotopic (exact) mass is 443 g/mol. The highest BCUT2D eigenvalue weighted by atomic mass is 32.1. The minimum atomic E-state index is 0.261. The largest absolute Gasteiger partial charge is 0.468 e. The predicted octanol–water partition coefficient (Wildman–Crippen LogP) is 4.50. The molecular weight excluding hydrogens is 406 g/mol. The molecule has 2 N–H and O–H groups in total. The Morgan fingerprint density at radius 3 is 2.71 bits per heavy atom. The normalized spacial score (nSPS) is 23.7. The first-order valence-electron chi connectivity index (χ1n) is 12.0. The first kappa shape index (κ1) is 22.6. The maximum Gasteiger partial charge on any atom is 0.293 e. The number of ether oxygens (including phenoxy) is 1. The molecule has 0 amide bonds. The van der Waals surface area contributed by atoms with Gasteiger partial charge in [-0.3, -0.25) is 9.69 Å². The van der Waals surface area contributed by atoms with E-state index in [4.69, 9.17) is 10.5 Å². The summed E-state index contributed by atoms with van der Waals surface area (Å²) in [6.07, 6.45) is 8.35. The molecule has 170 valence electrons. The maximum absolute atomic E-state index is 10.2. The van der Waals surface area contributed by atoms with Crippen LogP contribution in [0, 0.1) is 11.8 Å². The molecule has 2 heterocycles. The lowest BCUT2D eigenvalue weighted by atomic mass is 9.76. The van der Waals surface area contributed by atoms with Crippen molar-refractivity contribution in [2.75, 3.05) is 44.2 Å². The van der Waals surface area contributed by atoms with E-state index in [0.717, 1.165) is 31.8 Å². The number of anilines is 1. The number of rotatable bonds is 10. The quantitative estimate of drug-likeness (QED) is 0.433. The van der Waals surface area contributed by atoms with E-state index in [2.05, 4.69) is 39.4 Å². The van der Waals surface area contributed by atoms with E-state index in [9.17, 15) is 4.79 Å². The SMILES string of the molecule is NC(CCCOC=O)C1CCC(CCN2CCN(c3cccc4ccsc34)CC2)CC1. The van der Waals surface area contributed by atoms with Gasteiger partial charge in [0.2, 0.25) is 0 Å². The maximum atomic E-state index is 10.2. The van der Waals surface area contributed by atoms with Crippen LogP contribution in [0.3, 0.4) is 0 Å². The number of fused-ring (bicyclic) bond motifs is 1. The molecule has 31 heavy (non-hydrogen) atoms. The van der Waals surface area contributed by atoms with Gasteiger partial charge in [-0.1, -0.05) is 25.0 Å². The molecule has 0 bridgehead atoms. The number of nitrogens with zero attached hydrogens (tertiary/aromatic N) is 2. The van der Waals surface area contributed by atoms with Crippen molar-refractivity contribution in [2.45, 2.75) is 51.0 Å². The molecular formula is C25H37N3O2S. The summed E-state index contributed by atoms with van der Waals surface area (Å²) >= 11 is 1.86. The Kier molecular flexibility index (Phi) is 8.22. The van der Waals surface area contributed by atoms with Crippen molar-refractivity contribution in [2.24, 2.45) is 17.6 Å². The molecule has 4 rings (SSSR count). The molecule has 1 saturated heterocycles. The molecule has 1 aliphatic carbocycles. The first-order chi connectivity index (χ1) is 15.2. The van der Waals surface area contributed by atoms with Crippen LogP contribution >= 0.6 is 11.3 Å². The number of nitrogens with two attached hydrogens (primary N) is 1. The molecule has 2 aliphatic rings. The second-order valence-corrected chi connectivity index (χ2v) is 10.2. The Bertz CT molecular complexity index is 810. The average molecular weight is 444 g/mol. The van der Waals surface area contributed by atoms with Gasteiger partial charge < -0.3 is 15.4 Å². The Balaban J connectivity index is 1.14. The van der Waals surface area contributed by atoms with Crippen LogP contribution in [0.1, 0.15) is 44.9 Å². The number of thiophene rings is 1. The van der Waals surface area contributed by atoms with Gasteiger partial charge in [-0.05, 0) is 73.4 Å².